The van der Waals surface area contributed by atoms with E-state index < -0.39 is 0 Å². The lowest BCUT2D eigenvalue weighted by atomic mass is 10.0. The van der Waals surface area contributed by atoms with Gasteiger partial charge in [-0.25, -0.2) is 4.99 Å². The molecule has 24 heavy (non-hydrogen) atoms. The Hall–Kier alpha value is -1.30. The van der Waals surface area contributed by atoms with Crippen molar-refractivity contribution in [1.29, 1.82) is 0 Å². The van der Waals surface area contributed by atoms with Crippen molar-refractivity contribution >= 4 is 11.9 Å². The number of hydrogen-bond donors (Lipinski definition) is 2. The van der Waals surface area contributed by atoms with E-state index in [1.807, 2.05) is 0 Å². The molecule has 6 heteroatoms. The van der Waals surface area contributed by atoms with E-state index in [9.17, 15) is 4.79 Å². The number of rotatable bonds is 5. The van der Waals surface area contributed by atoms with Crippen LogP contribution >= 0.6 is 0 Å². The Balaban J connectivity index is 1.47. The highest BCUT2D eigenvalue weighted by Crippen LogP contribution is 2.26. The van der Waals surface area contributed by atoms with Gasteiger partial charge in [0.1, 0.15) is 6.54 Å². The summed E-state index contributed by atoms with van der Waals surface area (Å²) in [4.78, 5) is 20.6. The van der Waals surface area contributed by atoms with Crippen LogP contribution in [0.25, 0.3) is 0 Å². The van der Waals surface area contributed by atoms with Crippen LogP contribution in [0.15, 0.2) is 4.99 Å². The molecule has 3 rings (SSSR count). The molecule has 0 aromatic carbocycles. The summed E-state index contributed by atoms with van der Waals surface area (Å²) in [5.74, 6) is 0.870. The van der Waals surface area contributed by atoms with Gasteiger partial charge < -0.3 is 20.4 Å². The molecule has 3 fully saturated rings. The SMILES string of the molecule is CN(C)C(=O)CN=C(NC1CC1)NC1CCN(C2CCCC2)CC1. The van der Waals surface area contributed by atoms with Gasteiger partial charge in [0.15, 0.2) is 5.96 Å². The molecule has 0 aromatic heterocycles. The molecule has 2 saturated carbocycles. The second-order valence-electron chi connectivity index (χ2n) is 7.76. The number of carbonyl (C=O) groups is 1. The lowest BCUT2D eigenvalue weighted by Crippen LogP contribution is -2.50. The van der Waals surface area contributed by atoms with Crippen molar-refractivity contribution in [1.82, 2.24) is 20.4 Å². The first kappa shape index (κ1) is 17.5. The molecule has 0 spiro atoms. The van der Waals surface area contributed by atoms with Gasteiger partial charge in [-0.2, -0.15) is 0 Å². The predicted molar refractivity (Wildman–Crippen MR) is 97.1 cm³/mol. The maximum atomic E-state index is 11.8. The summed E-state index contributed by atoms with van der Waals surface area (Å²) in [5, 5.41) is 7.03. The summed E-state index contributed by atoms with van der Waals surface area (Å²) in [6, 6.07) is 1.85. The molecule has 0 radical (unpaired) electrons. The smallest absolute Gasteiger partial charge is 0.243 e. The number of guanidine groups is 1. The third kappa shape index (κ3) is 5.10. The number of amides is 1. The first-order chi connectivity index (χ1) is 11.6. The third-order valence-corrected chi connectivity index (χ3v) is 5.50. The first-order valence-corrected chi connectivity index (χ1v) is 9.63. The summed E-state index contributed by atoms with van der Waals surface area (Å²) in [6.45, 7) is 2.60. The van der Waals surface area contributed by atoms with Crippen LogP contribution in [0.3, 0.4) is 0 Å². The molecule has 1 amide bonds. The largest absolute Gasteiger partial charge is 0.354 e. The van der Waals surface area contributed by atoms with E-state index in [0.29, 0.717) is 12.1 Å². The number of piperidine rings is 1. The fourth-order valence-corrected chi connectivity index (χ4v) is 3.71. The van der Waals surface area contributed by atoms with Gasteiger partial charge in [0.2, 0.25) is 5.91 Å². The molecule has 2 aliphatic carbocycles. The number of hydrogen-bond acceptors (Lipinski definition) is 3. The minimum Gasteiger partial charge on any atom is -0.354 e. The van der Waals surface area contributed by atoms with Gasteiger partial charge in [-0.05, 0) is 38.5 Å². The highest BCUT2D eigenvalue weighted by molar-refractivity contribution is 5.85. The molecule has 2 N–H and O–H groups in total. The summed E-state index contributed by atoms with van der Waals surface area (Å²) >= 11 is 0. The van der Waals surface area contributed by atoms with Crippen molar-refractivity contribution in [3.63, 3.8) is 0 Å². The summed E-state index contributed by atoms with van der Waals surface area (Å²) < 4.78 is 0. The molecule has 0 atom stereocenters. The molecule has 136 valence electrons. The van der Waals surface area contributed by atoms with Gasteiger partial charge in [-0.1, -0.05) is 12.8 Å². The van der Waals surface area contributed by atoms with E-state index in [0.717, 1.165) is 12.0 Å². The fourth-order valence-electron chi connectivity index (χ4n) is 3.71. The number of nitrogens with zero attached hydrogens (tertiary/aromatic N) is 3. The topological polar surface area (TPSA) is 60.0 Å². The molecule has 0 bridgehead atoms. The molecule has 1 aliphatic heterocycles. The van der Waals surface area contributed by atoms with Gasteiger partial charge in [-0.15, -0.1) is 0 Å². The third-order valence-electron chi connectivity index (χ3n) is 5.50. The normalized spacial score (nSPS) is 24.2. The lowest BCUT2D eigenvalue weighted by molar-refractivity contribution is -0.127. The van der Waals surface area contributed by atoms with Crippen molar-refractivity contribution in [2.75, 3.05) is 33.7 Å². The second-order valence-corrected chi connectivity index (χ2v) is 7.76. The lowest BCUT2D eigenvalue weighted by Gasteiger charge is -2.36. The molecular formula is C18H33N5O. The maximum Gasteiger partial charge on any atom is 0.243 e. The average molecular weight is 335 g/mol. The van der Waals surface area contributed by atoms with Crippen molar-refractivity contribution < 1.29 is 4.79 Å². The Morgan fingerprint density at radius 3 is 2.12 bits per heavy atom. The van der Waals surface area contributed by atoms with Crippen molar-refractivity contribution in [3.05, 3.63) is 0 Å². The second kappa shape index (κ2) is 8.19. The number of nitrogens with one attached hydrogen (secondary N) is 2. The molecule has 1 heterocycles. The van der Waals surface area contributed by atoms with Gasteiger partial charge in [0.25, 0.3) is 0 Å². The van der Waals surface area contributed by atoms with Crippen LogP contribution in [0, 0.1) is 0 Å². The minimum atomic E-state index is 0.0444. The Bertz CT molecular complexity index is 446. The molecule has 1 saturated heterocycles. The van der Waals surface area contributed by atoms with Crippen LogP contribution in [0.2, 0.25) is 0 Å². The summed E-state index contributed by atoms with van der Waals surface area (Å²) in [5.41, 5.74) is 0. The molecule has 0 unspecified atom stereocenters. The van der Waals surface area contributed by atoms with Crippen LogP contribution in [0.5, 0.6) is 0 Å². The van der Waals surface area contributed by atoms with Crippen LogP contribution in [-0.4, -0.2) is 73.5 Å². The van der Waals surface area contributed by atoms with Gasteiger partial charge in [-0.3, -0.25) is 4.79 Å². The molecule has 0 aromatic rings. The average Bonchev–Trinajstić information content (AvgIpc) is 3.22. The van der Waals surface area contributed by atoms with Crippen LogP contribution < -0.4 is 10.6 Å². The van der Waals surface area contributed by atoms with Gasteiger partial charge >= 0.3 is 0 Å². The van der Waals surface area contributed by atoms with Crippen LogP contribution in [0.4, 0.5) is 0 Å². The zero-order valence-electron chi connectivity index (χ0n) is 15.3. The Morgan fingerprint density at radius 2 is 1.58 bits per heavy atom. The van der Waals surface area contributed by atoms with Crippen LogP contribution in [-0.2, 0) is 4.79 Å². The molecular weight excluding hydrogens is 302 g/mol. The van der Waals surface area contributed by atoms with E-state index in [-0.39, 0.29) is 12.5 Å². The Labute approximate surface area is 146 Å². The van der Waals surface area contributed by atoms with Crippen molar-refractivity contribution in [2.45, 2.75) is 69.5 Å². The number of likely N-dealkylation sites (N-methyl/N-ethyl adjacent to an activating group) is 1. The zero-order valence-corrected chi connectivity index (χ0v) is 15.3. The summed E-state index contributed by atoms with van der Waals surface area (Å²) in [6.07, 6.45) is 10.4. The number of aliphatic imine (C=N–C) groups is 1. The van der Waals surface area contributed by atoms with E-state index in [2.05, 4.69) is 20.5 Å². The maximum absolute atomic E-state index is 11.8. The van der Waals surface area contributed by atoms with Crippen molar-refractivity contribution in [3.8, 4) is 0 Å². The monoisotopic (exact) mass is 335 g/mol. The standard InChI is InChI=1S/C18H33N5O/c1-22(2)17(24)13-19-18(20-14-7-8-14)21-15-9-11-23(12-10-15)16-5-3-4-6-16/h14-16H,3-13H2,1-2H3,(H2,19,20,21). The Kier molecular flexibility index (Phi) is 5.98. The minimum absolute atomic E-state index is 0.0444. The molecule has 3 aliphatic rings. The van der Waals surface area contributed by atoms with Crippen LogP contribution in [0.1, 0.15) is 51.4 Å². The van der Waals surface area contributed by atoms with E-state index in [1.54, 1.807) is 19.0 Å². The quantitative estimate of drug-likeness (QED) is 0.585. The Morgan fingerprint density at radius 1 is 1.00 bits per heavy atom. The van der Waals surface area contributed by atoms with Crippen molar-refractivity contribution in [2.24, 2.45) is 4.99 Å². The highest BCUT2D eigenvalue weighted by Gasteiger charge is 2.28. The van der Waals surface area contributed by atoms with E-state index >= 15 is 0 Å². The fraction of sp³-hybridized carbons (Fsp3) is 0.889. The van der Waals surface area contributed by atoms with E-state index in [1.165, 1.54) is 64.5 Å². The van der Waals surface area contributed by atoms with Gasteiger partial charge in [0.05, 0.1) is 0 Å². The number of carbonyl (C=O) groups excluding carboxylic acids is 1. The van der Waals surface area contributed by atoms with E-state index in [4.69, 9.17) is 0 Å². The molecule has 6 nitrogen and oxygen atoms in total. The first-order valence-electron chi connectivity index (χ1n) is 9.63. The zero-order chi connectivity index (χ0) is 16.9. The summed E-state index contributed by atoms with van der Waals surface area (Å²) in [7, 11) is 3.55. The van der Waals surface area contributed by atoms with Gasteiger partial charge in [0, 0.05) is 45.3 Å². The number of likely N-dealkylation sites (tertiary alicyclic amines) is 1. The predicted octanol–water partition coefficient (Wildman–Crippen LogP) is 1.18. The highest BCUT2D eigenvalue weighted by atomic mass is 16.2.